The molecule has 7 heteroatoms. The van der Waals surface area contributed by atoms with Gasteiger partial charge in [0.2, 0.25) is 0 Å². The van der Waals surface area contributed by atoms with Gasteiger partial charge in [-0.1, -0.05) is 18.2 Å². The molecular weight excluding hydrogens is 370 g/mol. The first kappa shape index (κ1) is 18.6. The molecule has 7 nitrogen and oxygen atoms in total. The molecule has 0 saturated carbocycles. The summed E-state index contributed by atoms with van der Waals surface area (Å²) in [7, 11) is 0. The zero-order chi connectivity index (χ0) is 20.1. The number of nitrogens with one attached hydrogen (secondary N) is 1. The fourth-order valence-electron chi connectivity index (χ4n) is 3.10. The largest absolute Gasteiger partial charge is 0.459 e. The molecule has 1 aliphatic rings. The number of nitrogens with zero attached hydrogens (tertiary/aromatic N) is 2. The van der Waals surface area contributed by atoms with E-state index in [1.165, 1.54) is 6.26 Å². The number of benzene rings is 2. The van der Waals surface area contributed by atoms with Crippen molar-refractivity contribution in [2.24, 2.45) is 0 Å². The van der Waals surface area contributed by atoms with Crippen LogP contribution in [0.3, 0.4) is 0 Å². The van der Waals surface area contributed by atoms with Crippen LogP contribution in [0.25, 0.3) is 0 Å². The molecule has 29 heavy (non-hydrogen) atoms. The number of para-hydroxylation sites is 1. The number of urea groups is 1. The third-order valence-electron chi connectivity index (χ3n) is 4.67. The maximum absolute atomic E-state index is 12.5. The lowest BCUT2D eigenvalue weighted by Gasteiger charge is -2.34. The molecule has 0 aliphatic carbocycles. The zero-order valence-electron chi connectivity index (χ0n) is 15.8. The van der Waals surface area contributed by atoms with Crippen LogP contribution >= 0.6 is 0 Å². The molecule has 1 fully saturated rings. The molecule has 0 unspecified atom stereocenters. The fraction of sp³-hybridized carbons (Fsp3) is 0.182. The van der Waals surface area contributed by atoms with Gasteiger partial charge in [-0.25, -0.2) is 4.79 Å². The maximum Gasteiger partial charge on any atom is 0.321 e. The number of amides is 3. The summed E-state index contributed by atoms with van der Waals surface area (Å²) in [4.78, 5) is 28.2. The van der Waals surface area contributed by atoms with Gasteiger partial charge in [-0.3, -0.25) is 4.79 Å². The molecule has 148 valence electrons. The Morgan fingerprint density at radius 2 is 1.45 bits per heavy atom. The summed E-state index contributed by atoms with van der Waals surface area (Å²) in [5, 5.41) is 2.88. The van der Waals surface area contributed by atoms with Crippen LogP contribution in [0.5, 0.6) is 11.5 Å². The number of rotatable bonds is 4. The molecule has 0 atom stereocenters. The van der Waals surface area contributed by atoms with Crippen molar-refractivity contribution in [3.63, 3.8) is 0 Å². The number of ether oxygens (including phenoxy) is 1. The van der Waals surface area contributed by atoms with Gasteiger partial charge in [0.05, 0.1) is 6.26 Å². The van der Waals surface area contributed by atoms with E-state index < -0.39 is 0 Å². The van der Waals surface area contributed by atoms with Crippen molar-refractivity contribution in [1.82, 2.24) is 9.80 Å². The van der Waals surface area contributed by atoms with Crippen LogP contribution in [0.1, 0.15) is 10.6 Å². The van der Waals surface area contributed by atoms with Gasteiger partial charge >= 0.3 is 6.03 Å². The van der Waals surface area contributed by atoms with Crippen LogP contribution in [0.2, 0.25) is 0 Å². The molecule has 2 heterocycles. The molecule has 0 bridgehead atoms. The number of hydrogen-bond donors (Lipinski definition) is 1. The molecule has 3 aromatic rings. The molecule has 1 saturated heterocycles. The van der Waals surface area contributed by atoms with Gasteiger partial charge in [0.15, 0.2) is 5.76 Å². The summed E-state index contributed by atoms with van der Waals surface area (Å²) in [6, 6.07) is 19.9. The van der Waals surface area contributed by atoms with Crippen LogP contribution in [-0.2, 0) is 0 Å². The monoisotopic (exact) mass is 391 g/mol. The highest BCUT2D eigenvalue weighted by atomic mass is 16.5. The molecule has 4 rings (SSSR count). The van der Waals surface area contributed by atoms with Crippen molar-refractivity contribution in [2.45, 2.75) is 0 Å². The Hall–Kier alpha value is -3.74. The first-order valence-electron chi connectivity index (χ1n) is 9.41. The molecular formula is C22H21N3O4. The van der Waals surface area contributed by atoms with Gasteiger partial charge in [0.1, 0.15) is 11.5 Å². The van der Waals surface area contributed by atoms with Crippen LogP contribution in [-0.4, -0.2) is 47.9 Å². The van der Waals surface area contributed by atoms with Crippen LogP contribution in [0.15, 0.2) is 77.4 Å². The average molecular weight is 391 g/mol. The van der Waals surface area contributed by atoms with E-state index in [-0.39, 0.29) is 11.9 Å². The minimum Gasteiger partial charge on any atom is -0.459 e. The lowest BCUT2D eigenvalue weighted by Crippen LogP contribution is -2.51. The van der Waals surface area contributed by atoms with Crippen molar-refractivity contribution in [3.8, 4) is 11.5 Å². The average Bonchev–Trinajstić information content (AvgIpc) is 3.30. The lowest BCUT2D eigenvalue weighted by atomic mass is 10.3. The molecule has 3 amide bonds. The molecule has 2 aromatic carbocycles. The summed E-state index contributed by atoms with van der Waals surface area (Å²) in [5.41, 5.74) is 0.685. The van der Waals surface area contributed by atoms with Gasteiger partial charge in [-0.2, -0.15) is 0 Å². The normalized spacial score (nSPS) is 13.8. The minimum atomic E-state index is -0.188. The van der Waals surface area contributed by atoms with E-state index in [0.29, 0.717) is 43.4 Å². The summed E-state index contributed by atoms with van der Waals surface area (Å²) >= 11 is 0. The van der Waals surface area contributed by atoms with Crippen molar-refractivity contribution in [3.05, 3.63) is 78.8 Å². The van der Waals surface area contributed by atoms with E-state index in [2.05, 4.69) is 5.32 Å². The summed E-state index contributed by atoms with van der Waals surface area (Å²) in [5.74, 6) is 1.62. The fourth-order valence-corrected chi connectivity index (χ4v) is 3.10. The lowest BCUT2D eigenvalue weighted by molar-refractivity contribution is 0.0640. The predicted octanol–water partition coefficient (Wildman–Crippen LogP) is 4.06. The number of carbonyl (C=O) groups is 2. The van der Waals surface area contributed by atoms with Gasteiger partial charge < -0.3 is 24.3 Å². The van der Waals surface area contributed by atoms with Crippen LogP contribution < -0.4 is 10.1 Å². The number of piperazine rings is 1. The zero-order valence-corrected chi connectivity index (χ0v) is 15.8. The highest BCUT2D eigenvalue weighted by Crippen LogP contribution is 2.23. The highest BCUT2D eigenvalue weighted by Gasteiger charge is 2.26. The van der Waals surface area contributed by atoms with E-state index in [4.69, 9.17) is 9.15 Å². The van der Waals surface area contributed by atoms with E-state index >= 15 is 0 Å². The Morgan fingerprint density at radius 3 is 2.10 bits per heavy atom. The Kier molecular flexibility index (Phi) is 5.47. The van der Waals surface area contributed by atoms with Crippen molar-refractivity contribution >= 4 is 17.6 Å². The minimum absolute atomic E-state index is 0.149. The second-order valence-corrected chi connectivity index (χ2v) is 6.63. The molecule has 1 aromatic heterocycles. The number of furan rings is 1. The summed E-state index contributed by atoms with van der Waals surface area (Å²) < 4.78 is 10.9. The third-order valence-corrected chi connectivity index (χ3v) is 4.67. The van der Waals surface area contributed by atoms with Gasteiger partial charge in [-0.05, 0) is 48.5 Å². The van der Waals surface area contributed by atoms with E-state index in [1.807, 2.05) is 42.5 Å². The van der Waals surface area contributed by atoms with Crippen molar-refractivity contribution < 1.29 is 18.7 Å². The standard InChI is InChI=1S/C22H21N3O4/c26-21(20-7-4-16-28-20)24-12-14-25(15-13-24)22(27)23-17-8-10-19(11-9-17)29-18-5-2-1-3-6-18/h1-11,16H,12-15H2,(H,23,27). The molecule has 1 aliphatic heterocycles. The van der Waals surface area contributed by atoms with E-state index in [1.54, 1.807) is 34.1 Å². The van der Waals surface area contributed by atoms with Gasteiger partial charge in [0, 0.05) is 31.9 Å². The Balaban J connectivity index is 1.28. The third kappa shape index (κ3) is 4.57. The first-order valence-corrected chi connectivity index (χ1v) is 9.41. The van der Waals surface area contributed by atoms with Crippen LogP contribution in [0, 0.1) is 0 Å². The maximum atomic E-state index is 12.5. The predicted molar refractivity (Wildman–Crippen MR) is 108 cm³/mol. The number of anilines is 1. The smallest absolute Gasteiger partial charge is 0.321 e. The highest BCUT2D eigenvalue weighted by molar-refractivity contribution is 5.92. The summed E-state index contributed by atoms with van der Waals surface area (Å²) in [6.07, 6.45) is 1.48. The number of hydrogen-bond acceptors (Lipinski definition) is 4. The second-order valence-electron chi connectivity index (χ2n) is 6.63. The van der Waals surface area contributed by atoms with E-state index in [9.17, 15) is 9.59 Å². The number of carbonyl (C=O) groups excluding carboxylic acids is 2. The van der Waals surface area contributed by atoms with Crippen LogP contribution in [0.4, 0.5) is 10.5 Å². The SMILES string of the molecule is O=C(Nc1ccc(Oc2ccccc2)cc1)N1CCN(C(=O)c2ccco2)CC1. The Morgan fingerprint density at radius 1 is 0.793 bits per heavy atom. The van der Waals surface area contributed by atoms with Gasteiger partial charge in [-0.15, -0.1) is 0 Å². The topological polar surface area (TPSA) is 75.0 Å². The summed E-state index contributed by atoms with van der Waals surface area (Å²) in [6.45, 7) is 1.87. The van der Waals surface area contributed by atoms with E-state index in [0.717, 1.165) is 5.75 Å². The van der Waals surface area contributed by atoms with Gasteiger partial charge in [0.25, 0.3) is 5.91 Å². The first-order chi connectivity index (χ1) is 14.2. The second kappa shape index (κ2) is 8.52. The molecule has 0 spiro atoms. The molecule has 0 radical (unpaired) electrons. The Bertz CT molecular complexity index is 947. The Labute approximate surface area is 168 Å². The molecule has 1 N–H and O–H groups in total. The van der Waals surface area contributed by atoms with Crippen molar-refractivity contribution in [2.75, 3.05) is 31.5 Å². The quantitative estimate of drug-likeness (QED) is 0.728. The van der Waals surface area contributed by atoms with Crippen molar-refractivity contribution in [1.29, 1.82) is 0 Å².